The van der Waals surface area contributed by atoms with Gasteiger partial charge in [-0.05, 0) is 0 Å². The van der Waals surface area contributed by atoms with Gasteiger partial charge in [-0.1, -0.05) is 0 Å². The molecule has 0 unspecified atom stereocenters. The van der Waals surface area contributed by atoms with E-state index in [2.05, 4.69) is 4.99 Å². The summed E-state index contributed by atoms with van der Waals surface area (Å²) in [5.41, 5.74) is 1.90. The van der Waals surface area contributed by atoms with Gasteiger partial charge in [0.1, 0.15) is 0 Å². The molecule has 32 valence electrons. The van der Waals surface area contributed by atoms with Gasteiger partial charge in [0.25, 0.3) is 0 Å². The molecule has 1 nitrogen and oxygen atoms in total. The largest absolute Gasteiger partial charge is 0.285 e. The zero-order valence-corrected chi connectivity index (χ0v) is 5.73. The van der Waals surface area contributed by atoms with Crippen LogP contribution in [-0.2, 0) is 21.7 Å². The van der Waals surface area contributed by atoms with Crippen LogP contribution in [0.15, 0.2) is 4.99 Å². The fourth-order valence-electron chi connectivity index (χ4n) is 0.264. The Morgan fingerprint density at radius 2 is 2.50 bits per heavy atom. The minimum Gasteiger partial charge on any atom is -0.285 e. The first-order valence-electron chi connectivity index (χ1n) is 1.60. The van der Waals surface area contributed by atoms with Gasteiger partial charge in [-0.3, -0.25) is 4.99 Å². The molecule has 1 heterocycles. The van der Waals surface area contributed by atoms with Crippen LogP contribution in [0.25, 0.3) is 0 Å². The Bertz CT molecular complexity index is 48.8. The molecule has 0 radical (unpaired) electrons. The van der Waals surface area contributed by atoms with Crippen molar-refractivity contribution in [1.82, 2.24) is 0 Å². The molecule has 0 aromatic heterocycles. The van der Waals surface area contributed by atoms with Crippen LogP contribution in [0.1, 0.15) is 0 Å². The average Bonchev–Trinajstić information content (AvgIpc) is 1.76. The predicted molar refractivity (Wildman–Crippen MR) is 25.8 cm³/mol. The van der Waals surface area contributed by atoms with Gasteiger partial charge < -0.3 is 0 Å². The summed E-state index contributed by atoms with van der Waals surface area (Å²) in [5.74, 6) is 1.19. The molecule has 0 amide bonds. The summed E-state index contributed by atoms with van der Waals surface area (Å²) in [5, 5.41) is 0. The molecular weight excluding hydrogens is 130 g/mol. The van der Waals surface area contributed by atoms with Crippen molar-refractivity contribution in [2.75, 3.05) is 12.3 Å². The fraction of sp³-hybridized carbons (Fsp3) is 0.667. The van der Waals surface area contributed by atoms with Crippen LogP contribution in [0.3, 0.4) is 0 Å². The molecule has 0 bridgehead atoms. The predicted octanol–water partition coefficient (Wildman–Crippen LogP) is 0.759. The Kier molecular flexibility index (Phi) is 4.39. The van der Waals surface area contributed by atoms with Gasteiger partial charge in [-0.15, -0.1) is 11.8 Å². The number of thioether (sulfide) groups is 1. The quantitative estimate of drug-likeness (QED) is 0.446. The minimum atomic E-state index is 0. The molecule has 0 saturated carbocycles. The number of nitrogens with zero attached hydrogens (tertiary/aromatic N) is 1. The SMILES string of the molecule is C1=NCCS1.[Ti]. The van der Waals surface area contributed by atoms with E-state index in [1.165, 1.54) is 5.75 Å². The molecule has 1 rings (SSSR count). The molecule has 0 fully saturated rings. The van der Waals surface area contributed by atoms with E-state index in [1.807, 2.05) is 5.55 Å². The Morgan fingerprint density at radius 1 is 1.67 bits per heavy atom. The van der Waals surface area contributed by atoms with Crippen molar-refractivity contribution in [1.29, 1.82) is 0 Å². The second-order valence-electron chi connectivity index (χ2n) is 0.882. The first kappa shape index (κ1) is 6.73. The van der Waals surface area contributed by atoms with Gasteiger partial charge in [0.15, 0.2) is 0 Å². The maximum Gasteiger partial charge on any atom is 0.0542 e. The van der Waals surface area contributed by atoms with Crippen molar-refractivity contribution >= 4 is 17.3 Å². The first-order chi connectivity index (χ1) is 2.50. The van der Waals surface area contributed by atoms with Crippen molar-refractivity contribution in [3.8, 4) is 0 Å². The Hall–Kier alpha value is 0.734. The van der Waals surface area contributed by atoms with Crippen LogP contribution in [0.4, 0.5) is 0 Å². The van der Waals surface area contributed by atoms with E-state index in [9.17, 15) is 0 Å². The van der Waals surface area contributed by atoms with Gasteiger partial charge in [0, 0.05) is 34.0 Å². The van der Waals surface area contributed by atoms with Crippen molar-refractivity contribution in [2.45, 2.75) is 0 Å². The van der Waals surface area contributed by atoms with Gasteiger partial charge >= 0.3 is 0 Å². The van der Waals surface area contributed by atoms with E-state index in [-0.39, 0.29) is 21.7 Å². The summed E-state index contributed by atoms with van der Waals surface area (Å²) >= 11 is 1.78. The summed E-state index contributed by atoms with van der Waals surface area (Å²) in [7, 11) is 0. The van der Waals surface area contributed by atoms with Crippen LogP contribution in [0, 0.1) is 0 Å². The third kappa shape index (κ3) is 2.01. The number of aliphatic imine (C=N–C) groups is 1. The van der Waals surface area contributed by atoms with Gasteiger partial charge in [-0.2, -0.15) is 0 Å². The maximum atomic E-state index is 3.92. The van der Waals surface area contributed by atoms with E-state index in [1.54, 1.807) is 11.8 Å². The third-order valence-electron chi connectivity index (χ3n) is 0.487. The molecule has 1 aliphatic heterocycles. The van der Waals surface area contributed by atoms with Crippen LogP contribution >= 0.6 is 11.8 Å². The molecule has 0 aliphatic carbocycles. The normalized spacial score (nSPS) is 17.3. The minimum absolute atomic E-state index is 0. The summed E-state index contributed by atoms with van der Waals surface area (Å²) in [6.45, 7) is 1.03. The molecule has 0 saturated heterocycles. The molecule has 0 aromatic rings. The Morgan fingerprint density at radius 3 is 2.67 bits per heavy atom. The average molecular weight is 135 g/mol. The number of hydrogen-bond acceptors (Lipinski definition) is 2. The van der Waals surface area contributed by atoms with Crippen LogP contribution in [0.2, 0.25) is 0 Å². The number of hydrogen-bond donors (Lipinski definition) is 0. The van der Waals surface area contributed by atoms with Gasteiger partial charge in [0.05, 0.1) is 5.55 Å². The third-order valence-corrected chi connectivity index (χ3v) is 1.20. The van der Waals surface area contributed by atoms with Crippen molar-refractivity contribution in [2.24, 2.45) is 4.99 Å². The first-order valence-corrected chi connectivity index (χ1v) is 2.65. The smallest absolute Gasteiger partial charge is 0.0542 e. The Balaban J connectivity index is 0.000000250. The molecule has 6 heavy (non-hydrogen) atoms. The Labute approximate surface area is 56.5 Å². The molecule has 0 atom stereocenters. The molecule has 3 heteroatoms. The molecular formula is C3H5NSTi. The molecule has 0 spiro atoms. The molecule has 1 aliphatic rings. The number of rotatable bonds is 0. The second kappa shape index (κ2) is 3.91. The summed E-state index contributed by atoms with van der Waals surface area (Å²) in [6, 6.07) is 0. The van der Waals surface area contributed by atoms with E-state index >= 15 is 0 Å². The van der Waals surface area contributed by atoms with Crippen LogP contribution in [-0.4, -0.2) is 17.8 Å². The monoisotopic (exact) mass is 135 g/mol. The van der Waals surface area contributed by atoms with E-state index < -0.39 is 0 Å². The van der Waals surface area contributed by atoms with E-state index in [0.29, 0.717) is 0 Å². The summed E-state index contributed by atoms with van der Waals surface area (Å²) in [4.78, 5) is 3.92. The zero-order chi connectivity index (χ0) is 3.54. The van der Waals surface area contributed by atoms with Gasteiger partial charge in [-0.25, -0.2) is 0 Å². The second-order valence-corrected chi connectivity index (χ2v) is 1.83. The maximum absolute atomic E-state index is 3.92. The van der Waals surface area contributed by atoms with Crippen LogP contribution in [0.5, 0.6) is 0 Å². The van der Waals surface area contributed by atoms with Crippen molar-refractivity contribution in [3.05, 3.63) is 0 Å². The molecule has 0 N–H and O–H groups in total. The van der Waals surface area contributed by atoms with E-state index in [0.717, 1.165) is 6.54 Å². The van der Waals surface area contributed by atoms with Gasteiger partial charge in [0.2, 0.25) is 0 Å². The van der Waals surface area contributed by atoms with Crippen molar-refractivity contribution < 1.29 is 21.7 Å². The summed E-state index contributed by atoms with van der Waals surface area (Å²) in [6.07, 6.45) is 0. The molecule has 0 aromatic carbocycles. The zero-order valence-electron chi connectivity index (χ0n) is 3.35. The van der Waals surface area contributed by atoms with E-state index in [4.69, 9.17) is 0 Å². The summed E-state index contributed by atoms with van der Waals surface area (Å²) < 4.78 is 0. The standard InChI is InChI=1S/C3H5NS.Ti/c1-2-5-3-4-1;/h3H,1-2H2;. The van der Waals surface area contributed by atoms with Crippen LogP contribution < -0.4 is 0 Å². The fourth-order valence-corrected chi connectivity index (χ4v) is 0.791. The van der Waals surface area contributed by atoms with Crippen molar-refractivity contribution in [3.63, 3.8) is 0 Å². The topological polar surface area (TPSA) is 12.4 Å².